The van der Waals surface area contributed by atoms with Crippen LogP contribution in [0.15, 0.2) is 78.9 Å². The summed E-state index contributed by atoms with van der Waals surface area (Å²) in [6, 6.07) is 25.0. The third-order valence-electron chi connectivity index (χ3n) is 4.74. The number of amides is 1. The molecule has 0 spiro atoms. The lowest BCUT2D eigenvalue weighted by atomic mass is 10.0. The number of fused-ring (bicyclic) bond motifs is 1. The average Bonchev–Trinajstić information content (AvgIpc) is 2.74. The molecule has 1 heterocycles. The fourth-order valence-electron chi connectivity index (χ4n) is 3.17. The van der Waals surface area contributed by atoms with Gasteiger partial charge in [-0.2, -0.15) is 0 Å². The number of para-hydroxylation sites is 2. The van der Waals surface area contributed by atoms with Crippen molar-refractivity contribution in [2.45, 2.75) is 13.3 Å². The number of aryl methyl sites for hydroxylation is 1. The van der Waals surface area contributed by atoms with Crippen molar-refractivity contribution in [3.63, 3.8) is 0 Å². The second kappa shape index (κ2) is 7.83. The number of carbonyl (C=O) groups excluding carboxylic acids is 1. The van der Waals surface area contributed by atoms with Crippen molar-refractivity contribution >= 4 is 34.1 Å². The Hall–Kier alpha value is -3.17. The molecule has 0 aliphatic carbocycles. The van der Waals surface area contributed by atoms with Gasteiger partial charge in [0.2, 0.25) is 0 Å². The minimum atomic E-state index is -0.210. The molecule has 28 heavy (non-hydrogen) atoms. The first-order valence-corrected chi connectivity index (χ1v) is 9.58. The number of rotatable bonds is 4. The summed E-state index contributed by atoms with van der Waals surface area (Å²) in [6.45, 7) is 2.13. The zero-order valence-corrected chi connectivity index (χ0v) is 16.2. The number of nitrogens with one attached hydrogen (secondary N) is 1. The normalized spacial score (nSPS) is 10.8. The second-order valence-electron chi connectivity index (χ2n) is 6.56. The summed E-state index contributed by atoms with van der Waals surface area (Å²) in [7, 11) is 0. The van der Waals surface area contributed by atoms with Gasteiger partial charge in [0.05, 0.1) is 27.5 Å². The van der Waals surface area contributed by atoms with Crippen LogP contribution in [0.5, 0.6) is 0 Å². The fraction of sp³-hybridized carbons (Fsp3) is 0.0833. The van der Waals surface area contributed by atoms with E-state index in [2.05, 4.69) is 24.4 Å². The highest BCUT2D eigenvalue weighted by atomic mass is 35.5. The predicted molar refractivity (Wildman–Crippen MR) is 116 cm³/mol. The number of carbonyl (C=O) groups is 1. The van der Waals surface area contributed by atoms with Crippen molar-refractivity contribution in [1.29, 1.82) is 0 Å². The molecule has 1 amide bonds. The van der Waals surface area contributed by atoms with E-state index in [-0.39, 0.29) is 5.91 Å². The van der Waals surface area contributed by atoms with Crippen LogP contribution in [0.1, 0.15) is 22.8 Å². The van der Waals surface area contributed by atoms with Gasteiger partial charge in [0.25, 0.3) is 5.91 Å². The Kier molecular flexibility index (Phi) is 5.09. The van der Waals surface area contributed by atoms with Crippen LogP contribution >= 0.6 is 11.6 Å². The van der Waals surface area contributed by atoms with Gasteiger partial charge in [-0.15, -0.1) is 0 Å². The van der Waals surface area contributed by atoms with Gasteiger partial charge in [0.1, 0.15) is 0 Å². The molecule has 0 saturated heterocycles. The first kappa shape index (κ1) is 18.2. The van der Waals surface area contributed by atoms with Crippen LogP contribution in [0.4, 0.5) is 5.69 Å². The fourth-order valence-corrected chi connectivity index (χ4v) is 3.36. The molecule has 0 radical (unpaired) electrons. The number of hydrogen-bond acceptors (Lipinski definition) is 2. The number of aromatic nitrogens is 1. The summed E-state index contributed by atoms with van der Waals surface area (Å²) in [4.78, 5) is 17.8. The Morgan fingerprint density at radius 2 is 1.68 bits per heavy atom. The number of hydrogen-bond donors (Lipinski definition) is 1. The Balaban J connectivity index is 1.80. The molecule has 0 bridgehead atoms. The van der Waals surface area contributed by atoms with E-state index in [1.807, 2.05) is 54.6 Å². The van der Waals surface area contributed by atoms with Gasteiger partial charge in [-0.1, -0.05) is 73.1 Å². The third-order valence-corrected chi connectivity index (χ3v) is 5.07. The van der Waals surface area contributed by atoms with Crippen molar-refractivity contribution < 1.29 is 4.79 Å². The Morgan fingerprint density at radius 1 is 0.964 bits per heavy atom. The molecule has 0 atom stereocenters. The highest BCUT2D eigenvalue weighted by molar-refractivity contribution is 6.34. The van der Waals surface area contributed by atoms with E-state index in [1.54, 1.807) is 12.1 Å². The maximum atomic E-state index is 13.1. The monoisotopic (exact) mass is 386 g/mol. The largest absolute Gasteiger partial charge is 0.321 e. The quantitative estimate of drug-likeness (QED) is 0.442. The lowest BCUT2D eigenvalue weighted by molar-refractivity contribution is 0.102. The van der Waals surface area contributed by atoms with Gasteiger partial charge in [-0.3, -0.25) is 4.79 Å². The van der Waals surface area contributed by atoms with E-state index in [9.17, 15) is 4.79 Å². The summed E-state index contributed by atoms with van der Waals surface area (Å²) in [5.41, 5.74) is 4.95. The molecule has 1 aromatic heterocycles. The van der Waals surface area contributed by atoms with Gasteiger partial charge in [0.15, 0.2) is 0 Å². The molecule has 4 aromatic rings. The Morgan fingerprint density at radius 3 is 2.43 bits per heavy atom. The summed E-state index contributed by atoms with van der Waals surface area (Å²) in [5.74, 6) is -0.210. The van der Waals surface area contributed by atoms with Gasteiger partial charge in [-0.05, 0) is 36.2 Å². The first-order valence-electron chi connectivity index (χ1n) is 9.20. The number of benzene rings is 3. The third kappa shape index (κ3) is 3.62. The molecule has 4 rings (SSSR count). The lowest BCUT2D eigenvalue weighted by Gasteiger charge is -2.12. The maximum absolute atomic E-state index is 13.1. The molecule has 0 saturated carbocycles. The smallest absolute Gasteiger partial charge is 0.256 e. The summed E-state index contributed by atoms with van der Waals surface area (Å²) in [5, 5.41) is 4.23. The molecule has 0 aliphatic rings. The van der Waals surface area contributed by atoms with Crippen LogP contribution < -0.4 is 5.32 Å². The molecule has 0 fully saturated rings. The summed E-state index contributed by atoms with van der Waals surface area (Å²) < 4.78 is 0. The number of halogens is 1. The van der Waals surface area contributed by atoms with E-state index < -0.39 is 0 Å². The van der Waals surface area contributed by atoms with Crippen LogP contribution in [0.3, 0.4) is 0 Å². The van der Waals surface area contributed by atoms with Crippen molar-refractivity contribution in [1.82, 2.24) is 4.98 Å². The zero-order chi connectivity index (χ0) is 19.5. The molecule has 138 valence electrons. The molecule has 1 N–H and O–H groups in total. The molecule has 3 aromatic carbocycles. The Bertz CT molecular complexity index is 1150. The molecule has 0 aliphatic heterocycles. The van der Waals surface area contributed by atoms with Gasteiger partial charge in [-0.25, -0.2) is 4.98 Å². The zero-order valence-electron chi connectivity index (χ0n) is 15.4. The molecule has 0 unspecified atom stereocenters. The predicted octanol–water partition coefficient (Wildman–Crippen LogP) is 6.37. The highest BCUT2D eigenvalue weighted by Crippen LogP contribution is 2.27. The van der Waals surface area contributed by atoms with E-state index in [4.69, 9.17) is 16.6 Å². The lowest BCUT2D eigenvalue weighted by Crippen LogP contribution is -2.13. The van der Waals surface area contributed by atoms with Gasteiger partial charge >= 0.3 is 0 Å². The van der Waals surface area contributed by atoms with Crippen LogP contribution in [0.2, 0.25) is 5.02 Å². The topological polar surface area (TPSA) is 42.0 Å². The van der Waals surface area contributed by atoms with Crippen molar-refractivity contribution in [2.24, 2.45) is 0 Å². The van der Waals surface area contributed by atoms with Crippen LogP contribution in [-0.2, 0) is 6.42 Å². The Labute approximate surface area is 169 Å². The first-order chi connectivity index (χ1) is 13.7. The van der Waals surface area contributed by atoms with E-state index in [0.29, 0.717) is 16.3 Å². The minimum absolute atomic E-state index is 0.210. The molecular formula is C24H19ClN2O. The summed E-state index contributed by atoms with van der Waals surface area (Å²) in [6.07, 6.45) is 0.983. The van der Waals surface area contributed by atoms with E-state index >= 15 is 0 Å². The molecule has 3 nitrogen and oxygen atoms in total. The number of pyridine rings is 1. The number of anilines is 1. The van der Waals surface area contributed by atoms with E-state index in [0.717, 1.165) is 28.6 Å². The van der Waals surface area contributed by atoms with Gasteiger partial charge < -0.3 is 5.32 Å². The van der Waals surface area contributed by atoms with Crippen LogP contribution in [-0.4, -0.2) is 10.9 Å². The summed E-state index contributed by atoms with van der Waals surface area (Å²) >= 11 is 6.20. The SMILES string of the molecule is CCc1ccc(-c2cc(C(=O)Nc3ccccc3Cl)c3ccccc3n2)cc1. The van der Waals surface area contributed by atoms with Crippen LogP contribution in [0.25, 0.3) is 22.2 Å². The number of nitrogens with zero attached hydrogens (tertiary/aromatic N) is 1. The molecule has 4 heteroatoms. The standard InChI is InChI=1S/C24H19ClN2O/c1-2-16-11-13-17(14-12-16)23-15-19(18-7-3-5-9-21(18)26-23)24(28)27-22-10-6-4-8-20(22)25/h3-15H,2H2,1H3,(H,27,28). The molecular weight excluding hydrogens is 368 g/mol. The average molecular weight is 387 g/mol. The minimum Gasteiger partial charge on any atom is -0.321 e. The second-order valence-corrected chi connectivity index (χ2v) is 6.96. The van der Waals surface area contributed by atoms with Crippen molar-refractivity contribution in [3.05, 3.63) is 95.0 Å². The maximum Gasteiger partial charge on any atom is 0.256 e. The van der Waals surface area contributed by atoms with E-state index in [1.165, 1.54) is 5.56 Å². The van der Waals surface area contributed by atoms with Crippen LogP contribution in [0, 0.1) is 0 Å². The highest BCUT2D eigenvalue weighted by Gasteiger charge is 2.15. The van der Waals surface area contributed by atoms with Gasteiger partial charge in [0, 0.05) is 10.9 Å². The van der Waals surface area contributed by atoms with Crippen molar-refractivity contribution in [2.75, 3.05) is 5.32 Å². The van der Waals surface area contributed by atoms with Crippen molar-refractivity contribution in [3.8, 4) is 11.3 Å².